The van der Waals surface area contributed by atoms with Crippen molar-refractivity contribution in [2.45, 2.75) is 19.9 Å². The topological polar surface area (TPSA) is 49.9 Å². The monoisotopic (exact) mass is 263 g/mol. The lowest BCUT2D eigenvalue weighted by Gasteiger charge is -2.03. The Labute approximate surface area is 112 Å². The molecular weight excluding hydrogens is 245 g/mol. The third kappa shape index (κ3) is 3.32. The maximum Gasteiger partial charge on any atom is 0.165 e. The van der Waals surface area contributed by atoms with Crippen molar-refractivity contribution in [1.82, 2.24) is 15.3 Å². The molecule has 0 radical (unpaired) electrons. The van der Waals surface area contributed by atoms with Gasteiger partial charge >= 0.3 is 0 Å². The Bertz CT molecular complexity index is 539. The molecule has 0 saturated heterocycles. The van der Waals surface area contributed by atoms with E-state index in [0.29, 0.717) is 6.54 Å². The standard InChI is InChI=1S/C14H18FN3O/c1-3-6-16-9-14-17-8-12(18-14)10-4-5-13(19-2)11(15)7-10/h4-5,7-8,16H,3,6,9H2,1-2H3,(H,17,18). The van der Waals surface area contributed by atoms with E-state index in [1.807, 2.05) is 0 Å². The number of rotatable bonds is 6. The molecule has 2 aromatic rings. The summed E-state index contributed by atoms with van der Waals surface area (Å²) in [5.74, 6) is 0.716. The van der Waals surface area contributed by atoms with Crippen molar-refractivity contribution >= 4 is 0 Å². The van der Waals surface area contributed by atoms with Gasteiger partial charge in [-0.3, -0.25) is 0 Å². The van der Waals surface area contributed by atoms with Gasteiger partial charge in [-0.2, -0.15) is 0 Å². The van der Waals surface area contributed by atoms with Gasteiger partial charge in [-0.15, -0.1) is 0 Å². The maximum absolute atomic E-state index is 13.6. The molecule has 0 spiro atoms. The first-order valence-electron chi connectivity index (χ1n) is 6.33. The zero-order valence-electron chi connectivity index (χ0n) is 11.2. The second-order valence-electron chi connectivity index (χ2n) is 4.27. The van der Waals surface area contributed by atoms with Crippen molar-refractivity contribution in [3.8, 4) is 17.0 Å². The fourth-order valence-electron chi connectivity index (χ4n) is 1.82. The number of ether oxygens (including phenoxy) is 1. The molecule has 102 valence electrons. The molecule has 0 atom stereocenters. The van der Waals surface area contributed by atoms with Crippen LogP contribution >= 0.6 is 0 Å². The van der Waals surface area contributed by atoms with Gasteiger partial charge in [0.05, 0.1) is 25.5 Å². The van der Waals surface area contributed by atoms with Crippen molar-refractivity contribution < 1.29 is 9.13 Å². The van der Waals surface area contributed by atoms with Crippen LogP contribution in [0.4, 0.5) is 4.39 Å². The van der Waals surface area contributed by atoms with Gasteiger partial charge in [-0.05, 0) is 31.2 Å². The molecule has 1 heterocycles. The third-order valence-electron chi connectivity index (χ3n) is 2.81. The lowest BCUT2D eigenvalue weighted by atomic mass is 10.1. The number of nitrogens with one attached hydrogen (secondary N) is 2. The lowest BCUT2D eigenvalue weighted by Crippen LogP contribution is -2.14. The van der Waals surface area contributed by atoms with Crippen LogP contribution in [-0.4, -0.2) is 23.6 Å². The summed E-state index contributed by atoms with van der Waals surface area (Å²) in [4.78, 5) is 7.44. The van der Waals surface area contributed by atoms with E-state index in [1.54, 1.807) is 18.3 Å². The fraction of sp³-hybridized carbons (Fsp3) is 0.357. The molecule has 0 aliphatic heterocycles. The number of aromatic amines is 1. The molecule has 0 aliphatic rings. The van der Waals surface area contributed by atoms with Crippen molar-refractivity contribution in [1.29, 1.82) is 0 Å². The molecule has 0 amide bonds. The maximum atomic E-state index is 13.6. The molecule has 0 unspecified atom stereocenters. The average Bonchev–Trinajstić information content (AvgIpc) is 2.88. The van der Waals surface area contributed by atoms with Crippen molar-refractivity contribution in [3.05, 3.63) is 36.0 Å². The zero-order valence-corrected chi connectivity index (χ0v) is 11.2. The van der Waals surface area contributed by atoms with Crippen LogP contribution in [-0.2, 0) is 6.54 Å². The first-order chi connectivity index (χ1) is 9.24. The highest BCUT2D eigenvalue weighted by Crippen LogP contribution is 2.24. The highest BCUT2D eigenvalue weighted by Gasteiger charge is 2.07. The van der Waals surface area contributed by atoms with Crippen molar-refractivity contribution in [2.24, 2.45) is 0 Å². The Morgan fingerprint density at radius 2 is 2.26 bits per heavy atom. The van der Waals surface area contributed by atoms with Gasteiger partial charge in [0.25, 0.3) is 0 Å². The highest BCUT2D eigenvalue weighted by molar-refractivity contribution is 5.59. The second-order valence-corrected chi connectivity index (χ2v) is 4.27. The average molecular weight is 263 g/mol. The Hall–Kier alpha value is -1.88. The molecule has 4 nitrogen and oxygen atoms in total. The van der Waals surface area contributed by atoms with E-state index in [0.717, 1.165) is 30.0 Å². The van der Waals surface area contributed by atoms with Crippen LogP contribution in [0.3, 0.4) is 0 Å². The first-order valence-corrected chi connectivity index (χ1v) is 6.33. The van der Waals surface area contributed by atoms with E-state index in [1.165, 1.54) is 13.2 Å². The Balaban J connectivity index is 2.11. The molecule has 19 heavy (non-hydrogen) atoms. The van der Waals surface area contributed by atoms with Crippen LogP contribution in [0.5, 0.6) is 5.75 Å². The van der Waals surface area contributed by atoms with E-state index >= 15 is 0 Å². The number of H-pyrrole nitrogens is 1. The molecular formula is C14H18FN3O. The van der Waals surface area contributed by atoms with Crippen LogP contribution in [0.25, 0.3) is 11.3 Å². The van der Waals surface area contributed by atoms with Gasteiger partial charge in [0, 0.05) is 5.56 Å². The van der Waals surface area contributed by atoms with Crippen LogP contribution in [0, 0.1) is 5.82 Å². The number of benzene rings is 1. The Morgan fingerprint density at radius 1 is 1.42 bits per heavy atom. The molecule has 1 aromatic heterocycles. The summed E-state index contributed by atoms with van der Waals surface area (Å²) in [5, 5.41) is 3.26. The lowest BCUT2D eigenvalue weighted by molar-refractivity contribution is 0.386. The molecule has 0 saturated carbocycles. The number of imidazole rings is 1. The first kappa shape index (κ1) is 13.5. The Morgan fingerprint density at radius 3 is 2.95 bits per heavy atom. The predicted octanol–water partition coefficient (Wildman–Crippen LogP) is 2.72. The van der Waals surface area contributed by atoms with Crippen LogP contribution in [0.2, 0.25) is 0 Å². The SMILES string of the molecule is CCCNCc1ncc(-c2ccc(OC)c(F)c2)[nH]1. The van der Waals surface area contributed by atoms with E-state index in [4.69, 9.17) is 4.74 Å². The van der Waals surface area contributed by atoms with Gasteiger partial charge in [0.1, 0.15) is 5.82 Å². The summed E-state index contributed by atoms with van der Waals surface area (Å²) in [6.45, 7) is 3.75. The zero-order chi connectivity index (χ0) is 13.7. The summed E-state index contributed by atoms with van der Waals surface area (Å²) in [7, 11) is 1.45. The quantitative estimate of drug-likeness (QED) is 0.788. The van der Waals surface area contributed by atoms with Gasteiger partial charge in [0.15, 0.2) is 11.6 Å². The summed E-state index contributed by atoms with van der Waals surface area (Å²) in [5.41, 5.74) is 1.56. The predicted molar refractivity (Wildman–Crippen MR) is 72.5 cm³/mol. The summed E-state index contributed by atoms with van der Waals surface area (Å²) in [6, 6.07) is 4.86. The molecule has 0 aliphatic carbocycles. The van der Waals surface area contributed by atoms with E-state index < -0.39 is 0 Å². The number of methoxy groups -OCH3 is 1. The van der Waals surface area contributed by atoms with E-state index in [2.05, 4.69) is 22.2 Å². The van der Waals surface area contributed by atoms with E-state index in [-0.39, 0.29) is 11.6 Å². The van der Waals surface area contributed by atoms with Crippen LogP contribution in [0.15, 0.2) is 24.4 Å². The number of hydrogen-bond donors (Lipinski definition) is 2. The van der Waals surface area contributed by atoms with Crippen molar-refractivity contribution in [3.63, 3.8) is 0 Å². The smallest absolute Gasteiger partial charge is 0.165 e. The number of halogens is 1. The molecule has 1 aromatic carbocycles. The Kier molecular flexibility index (Phi) is 4.52. The summed E-state index contributed by atoms with van der Waals surface area (Å²) in [6.07, 6.45) is 2.79. The number of aromatic nitrogens is 2. The largest absolute Gasteiger partial charge is 0.494 e. The number of nitrogens with zero attached hydrogens (tertiary/aromatic N) is 1. The molecule has 0 bridgehead atoms. The second kappa shape index (κ2) is 6.33. The third-order valence-corrected chi connectivity index (χ3v) is 2.81. The van der Waals surface area contributed by atoms with Crippen molar-refractivity contribution in [2.75, 3.05) is 13.7 Å². The van der Waals surface area contributed by atoms with Gasteiger partial charge in [-0.25, -0.2) is 9.37 Å². The summed E-state index contributed by atoms with van der Waals surface area (Å²) >= 11 is 0. The molecule has 5 heteroatoms. The van der Waals surface area contributed by atoms with E-state index in [9.17, 15) is 4.39 Å². The van der Waals surface area contributed by atoms with Crippen LogP contribution < -0.4 is 10.1 Å². The minimum Gasteiger partial charge on any atom is -0.494 e. The number of hydrogen-bond acceptors (Lipinski definition) is 3. The summed E-state index contributed by atoms with van der Waals surface area (Å²) < 4.78 is 18.5. The normalized spacial score (nSPS) is 10.7. The molecule has 0 fully saturated rings. The van der Waals surface area contributed by atoms with Gasteiger partial charge in [0.2, 0.25) is 0 Å². The molecule has 2 rings (SSSR count). The minimum atomic E-state index is -0.375. The fourth-order valence-corrected chi connectivity index (χ4v) is 1.82. The van der Waals surface area contributed by atoms with Crippen LogP contribution in [0.1, 0.15) is 19.2 Å². The highest BCUT2D eigenvalue weighted by atomic mass is 19.1. The van der Waals surface area contributed by atoms with Gasteiger partial charge in [-0.1, -0.05) is 6.92 Å². The molecule has 2 N–H and O–H groups in total. The van der Waals surface area contributed by atoms with Gasteiger partial charge < -0.3 is 15.0 Å². The minimum absolute atomic E-state index is 0.244.